The Labute approximate surface area is 233 Å². The number of nitrogens with one attached hydrogen (secondary N) is 2. The summed E-state index contributed by atoms with van der Waals surface area (Å²) in [5, 5.41) is 6.81. The van der Waals surface area contributed by atoms with Crippen LogP contribution in [0.1, 0.15) is 19.3 Å². The number of ether oxygens (including phenoxy) is 3. The van der Waals surface area contributed by atoms with Crippen molar-refractivity contribution in [2.24, 2.45) is 0 Å². The molecule has 1 aliphatic rings. The van der Waals surface area contributed by atoms with Gasteiger partial charge in [-0.1, -0.05) is 36.2 Å². The summed E-state index contributed by atoms with van der Waals surface area (Å²) in [7, 11) is 1.59. The van der Waals surface area contributed by atoms with Crippen LogP contribution in [0.2, 0.25) is 5.02 Å². The average Bonchev–Trinajstić information content (AvgIpc) is 2.97. The maximum atomic E-state index is 6.31. The van der Waals surface area contributed by atoms with Crippen molar-refractivity contribution in [3.63, 3.8) is 0 Å². The molecule has 1 aliphatic heterocycles. The second-order valence-electron chi connectivity index (χ2n) is 9.05. The van der Waals surface area contributed by atoms with Crippen LogP contribution in [-0.4, -0.2) is 53.2 Å². The maximum Gasteiger partial charge on any atom is 0.229 e. The van der Waals surface area contributed by atoms with E-state index in [1.54, 1.807) is 37.7 Å². The summed E-state index contributed by atoms with van der Waals surface area (Å²) in [6, 6.07) is 18.7. The summed E-state index contributed by atoms with van der Waals surface area (Å²) in [6.07, 6.45) is 7.07. The topological polar surface area (TPSA) is 93.7 Å². The summed E-state index contributed by atoms with van der Waals surface area (Å²) >= 11 is 6.31. The molecule has 9 nitrogen and oxygen atoms in total. The third-order valence-corrected chi connectivity index (χ3v) is 6.52. The molecule has 39 heavy (non-hydrogen) atoms. The summed E-state index contributed by atoms with van der Waals surface area (Å²) < 4.78 is 17.5. The Hall–Kier alpha value is -4.08. The fraction of sp³-hybridized carbons (Fsp3) is 0.276. The number of hydrogen-bond acceptors (Lipinski definition) is 9. The normalized spacial score (nSPS) is 13.5. The highest BCUT2D eigenvalue weighted by Gasteiger charge is 2.12. The smallest absolute Gasteiger partial charge is 0.229 e. The molecule has 0 bridgehead atoms. The first-order valence-corrected chi connectivity index (χ1v) is 13.3. The van der Waals surface area contributed by atoms with Gasteiger partial charge in [0.25, 0.3) is 0 Å². The van der Waals surface area contributed by atoms with Gasteiger partial charge in [0.15, 0.2) is 5.82 Å². The summed E-state index contributed by atoms with van der Waals surface area (Å²) in [5.41, 5.74) is 1.55. The molecule has 3 heterocycles. The van der Waals surface area contributed by atoms with E-state index in [1.165, 1.54) is 19.3 Å². The molecular formula is C29H31ClN6O3. The Balaban J connectivity index is 1.22. The number of likely N-dealkylation sites (tertiary alicyclic amines) is 1. The molecule has 0 aliphatic carbocycles. The Morgan fingerprint density at radius 1 is 0.923 bits per heavy atom. The van der Waals surface area contributed by atoms with Crippen molar-refractivity contribution in [1.82, 2.24) is 19.9 Å². The largest absolute Gasteiger partial charge is 0.494 e. The molecule has 1 saturated heterocycles. The van der Waals surface area contributed by atoms with Gasteiger partial charge < -0.3 is 24.8 Å². The molecule has 2 aromatic carbocycles. The van der Waals surface area contributed by atoms with Crippen LogP contribution in [0.25, 0.3) is 0 Å². The lowest BCUT2D eigenvalue weighted by atomic mass is 10.1. The lowest BCUT2D eigenvalue weighted by Crippen LogP contribution is -2.33. The number of anilines is 4. The fourth-order valence-electron chi connectivity index (χ4n) is 4.26. The number of methoxy groups -OCH3 is 1. The Bertz CT molecular complexity index is 1370. The van der Waals surface area contributed by atoms with Gasteiger partial charge >= 0.3 is 0 Å². The highest BCUT2D eigenvalue weighted by molar-refractivity contribution is 6.32. The highest BCUT2D eigenvalue weighted by Crippen LogP contribution is 2.34. The van der Waals surface area contributed by atoms with Gasteiger partial charge in [-0.3, -0.25) is 4.90 Å². The Kier molecular flexibility index (Phi) is 8.93. The molecule has 0 saturated carbocycles. The lowest BCUT2D eigenvalue weighted by molar-refractivity contribution is 0.180. The van der Waals surface area contributed by atoms with E-state index in [1.807, 2.05) is 42.5 Å². The highest BCUT2D eigenvalue weighted by atomic mass is 35.5. The maximum absolute atomic E-state index is 6.31. The number of aromatic nitrogens is 3. The van der Waals surface area contributed by atoms with Crippen LogP contribution < -0.4 is 24.8 Å². The molecule has 10 heteroatoms. The van der Waals surface area contributed by atoms with Gasteiger partial charge in [-0.2, -0.15) is 4.98 Å². The number of nitrogens with zero attached hydrogens (tertiary/aromatic N) is 4. The zero-order chi connectivity index (χ0) is 26.9. The van der Waals surface area contributed by atoms with Crippen molar-refractivity contribution in [1.29, 1.82) is 0 Å². The Morgan fingerprint density at radius 2 is 1.74 bits per heavy atom. The predicted octanol–water partition coefficient (Wildman–Crippen LogP) is 6.68. The third-order valence-electron chi connectivity index (χ3n) is 6.25. The number of para-hydroxylation sites is 1. The van der Waals surface area contributed by atoms with Crippen molar-refractivity contribution >= 4 is 34.7 Å². The first kappa shape index (κ1) is 26.5. The minimum atomic E-state index is 0.366. The molecule has 0 amide bonds. The number of piperidine rings is 1. The molecule has 4 aromatic rings. The molecule has 202 valence electrons. The molecule has 2 aromatic heterocycles. The molecule has 1 fully saturated rings. The van der Waals surface area contributed by atoms with Gasteiger partial charge in [0.1, 0.15) is 28.9 Å². The van der Waals surface area contributed by atoms with Crippen LogP contribution in [0, 0.1) is 0 Å². The zero-order valence-corrected chi connectivity index (χ0v) is 22.5. The molecular weight excluding hydrogens is 516 g/mol. The molecule has 0 atom stereocenters. The van der Waals surface area contributed by atoms with Gasteiger partial charge in [0.2, 0.25) is 11.8 Å². The van der Waals surface area contributed by atoms with Crippen LogP contribution in [0.15, 0.2) is 73.1 Å². The zero-order valence-electron chi connectivity index (χ0n) is 21.8. The van der Waals surface area contributed by atoms with Crippen LogP contribution in [0.5, 0.6) is 23.1 Å². The van der Waals surface area contributed by atoms with E-state index in [0.717, 1.165) is 25.3 Å². The summed E-state index contributed by atoms with van der Waals surface area (Å²) in [4.78, 5) is 15.6. The number of hydrogen-bond donors (Lipinski definition) is 2. The van der Waals surface area contributed by atoms with Crippen molar-refractivity contribution < 1.29 is 14.2 Å². The molecule has 5 rings (SSSR count). The third kappa shape index (κ3) is 7.49. The monoisotopic (exact) mass is 546 g/mol. The second-order valence-corrected chi connectivity index (χ2v) is 9.46. The van der Waals surface area contributed by atoms with E-state index >= 15 is 0 Å². The van der Waals surface area contributed by atoms with Gasteiger partial charge in [-0.15, -0.1) is 0 Å². The second kappa shape index (κ2) is 13.1. The van der Waals surface area contributed by atoms with Crippen molar-refractivity contribution in [2.45, 2.75) is 19.3 Å². The Morgan fingerprint density at radius 3 is 2.56 bits per heavy atom. The van der Waals surface area contributed by atoms with E-state index in [2.05, 4.69) is 30.5 Å². The van der Waals surface area contributed by atoms with Gasteiger partial charge in [-0.05, 0) is 56.3 Å². The van der Waals surface area contributed by atoms with Gasteiger partial charge in [0, 0.05) is 30.6 Å². The van der Waals surface area contributed by atoms with Crippen LogP contribution in [-0.2, 0) is 0 Å². The van der Waals surface area contributed by atoms with Gasteiger partial charge in [-0.25, -0.2) is 9.97 Å². The molecule has 0 unspecified atom stereocenters. The molecule has 2 N–H and O–H groups in total. The van der Waals surface area contributed by atoms with E-state index in [4.69, 9.17) is 25.8 Å². The van der Waals surface area contributed by atoms with E-state index < -0.39 is 0 Å². The average molecular weight is 547 g/mol. The number of rotatable bonds is 11. The van der Waals surface area contributed by atoms with Crippen molar-refractivity contribution in [3.8, 4) is 23.1 Å². The molecule has 0 spiro atoms. The molecule has 0 radical (unpaired) electrons. The predicted molar refractivity (Wildman–Crippen MR) is 153 cm³/mol. The van der Waals surface area contributed by atoms with Crippen LogP contribution in [0.3, 0.4) is 0 Å². The van der Waals surface area contributed by atoms with E-state index in [-0.39, 0.29) is 0 Å². The van der Waals surface area contributed by atoms with Crippen molar-refractivity contribution in [3.05, 3.63) is 78.1 Å². The first-order valence-electron chi connectivity index (χ1n) is 12.9. The quantitative estimate of drug-likeness (QED) is 0.213. The van der Waals surface area contributed by atoms with Crippen LogP contribution >= 0.6 is 11.6 Å². The number of halogens is 1. The minimum Gasteiger partial charge on any atom is -0.494 e. The first-order chi connectivity index (χ1) is 19.2. The summed E-state index contributed by atoms with van der Waals surface area (Å²) in [5.74, 6) is 3.19. The number of pyridine rings is 1. The van der Waals surface area contributed by atoms with Crippen molar-refractivity contribution in [2.75, 3.05) is 44.0 Å². The standard InChI is InChI=1S/C29H31ClN6O3/c1-37-26-18-22(39-23-12-13-31-27(19-23)38-17-16-36-14-6-3-7-15-36)10-11-25(26)34-29-32-20-24(30)28(35-29)33-21-8-4-2-5-9-21/h2,4-5,8-13,18-20H,3,6-7,14-17H2,1H3,(H2,32,33,34,35). The SMILES string of the molecule is COc1cc(Oc2ccnc(OCCN3CCCCC3)c2)ccc1Nc1ncc(Cl)c(Nc2ccccc2)n1. The minimum absolute atomic E-state index is 0.366. The lowest BCUT2D eigenvalue weighted by Gasteiger charge is -2.26. The van der Waals surface area contributed by atoms with Crippen LogP contribution in [0.4, 0.5) is 23.1 Å². The summed E-state index contributed by atoms with van der Waals surface area (Å²) in [6.45, 7) is 3.78. The van der Waals surface area contributed by atoms with E-state index in [0.29, 0.717) is 52.2 Å². The van der Waals surface area contributed by atoms with E-state index in [9.17, 15) is 0 Å². The number of benzene rings is 2. The fourth-order valence-corrected chi connectivity index (χ4v) is 4.40. The van der Waals surface area contributed by atoms with Gasteiger partial charge in [0.05, 0.1) is 19.0 Å².